The summed E-state index contributed by atoms with van der Waals surface area (Å²) in [4.78, 5) is 51.6. The Morgan fingerprint density at radius 1 is 0.742 bits per heavy atom. The van der Waals surface area contributed by atoms with Crippen LogP contribution in [0.2, 0.25) is 0 Å². The molecule has 0 saturated carbocycles. The van der Waals surface area contributed by atoms with Crippen LogP contribution in [-0.2, 0) is 0 Å². The molecule has 2 aromatic carbocycles. The molecule has 7 heteroatoms. The molecule has 4 rings (SSSR count). The zero-order valence-corrected chi connectivity index (χ0v) is 17.4. The number of ether oxygens (including phenoxy) is 2. The average Bonchev–Trinajstić information content (AvgIpc) is 2.73. The van der Waals surface area contributed by atoms with E-state index in [-0.39, 0.29) is 44.8 Å². The number of allylic oxidation sites excluding steroid dienone is 4. The van der Waals surface area contributed by atoms with Crippen LogP contribution in [0.1, 0.15) is 58.1 Å². The minimum absolute atomic E-state index is 0.0122. The number of ketones is 4. The van der Waals surface area contributed by atoms with Gasteiger partial charge in [-0.2, -0.15) is 0 Å². The molecule has 31 heavy (non-hydrogen) atoms. The van der Waals surface area contributed by atoms with Gasteiger partial charge in [0.25, 0.3) is 0 Å². The summed E-state index contributed by atoms with van der Waals surface area (Å²) in [5.41, 5.74) is 7.67. The Balaban J connectivity index is 2.00. The highest BCUT2D eigenvalue weighted by molar-refractivity contribution is 6.40. The number of methoxy groups -OCH3 is 2. The van der Waals surface area contributed by atoms with Crippen LogP contribution in [0.25, 0.3) is 5.57 Å². The number of carbonyl (C=O) groups excluding carboxylic acids is 4. The van der Waals surface area contributed by atoms with Crippen molar-refractivity contribution < 1.29 is 28.7 Å². The predicted molar refractivity (Wildman–Crippen MR) is 113 cm³/mol. The van der Waals surface area contributed by atoms with Gasteiger partial charge in [0.2, 0.25) is 5.78 Å². The van der Waals surface area contributed by atoms with Crippen molar-refractivity contribution in [2.75, 3.05) is 14.2 Å². The van der Waals surface area contributed by atoms with E-state index in [4.69, 9.17) is 15.2 Å². The van der Waals surface area contributed by atoms with Gasteiger partial charge >= 0.3 is 0 Å². The zero-order valence-electron chi connectivity index (χ0n) is 17.4. The van der Waals surface area contributed by atoms with Crippen LogP contribution in [0.3, 0.4) is 0 Å². The molecule has 0 spiro atoms. The smallest absolute Gasteiger partial charge is 0.213 e. The molecule has 0 aromatic heterocycles. The third kappa shape index (κ3) is 2.89. The lowest BCUT2D eigenvalue weighted by molar-refractivity contribution is 0.0980. The number of hydrogen-bond acceptors (Lipinski definition) is 7. The highest BCUT2D eigenvalue weighted by Crippen LogP contribution is 2.42. The lowest BCUT2D eigenvalue weighted by Gasteiger charge is -2.24. The van der Waals surface area contributed by atoms with Crippen LogP contribution in [0, 0.1) is 13.8 Å². The maximum Gasteiger partial charge on any atom is 0.213 e. The van der Waals surface area contributed by atoms with Gasteiger partial charge in [0.05, 0.1) is 31.0 Å². The summed E-state index contributed by atoms with van der Waals surface area (Å²) in [5, 5.41) is 0. The van der Waals surface area contributed by atoms with Crippen LogP contribution in [0.4, 0.5) is 0 Å². The minimum atomic E-state index is -0.569. The summed E-state index contributed by atoms with van der Waals surface area (Å²) in [7, 11) is 2.77. The van der Waals surface area contributed by atoms with E-state index in [9.17, 15) is 19.2 Å². The summed E-state index contributed by atoms with van der Waals surface area (Å²) in [6.07, 6.45) is 2.29. The molecule has 0 heterocycles. The second-order valence-electron chi connectivity index (χ2n) is 7.46. The number of carbonyl (C=O) groups is 4. The number of fused-ring (bicyclic) bond motifs is 2. The van der Waals surface area contributed by atoms with E-state index in [0.29, 0.717) is 11.3 Å². The molecule has 0 amide bonds. The number of aryl methyl sites for hydroxylation is 2. The van der Waals surface area contributed by atoms with Crippen LogP contribution in [0.15, 0.2) is 36.0 Å². The standard InChI is InChI=1S/C24H19NO6/c1-10-5-13-20(18(6-10)30-3)17(27)8-14(22(13)28)19-11(2)7-12-16(26)9-15(25)23(29)21(12)24(19)31-4/h5-9H,25H2,1-4H3. The van der Waals surface area contributed by atoms with Gasteiger partial charge in [-0.1, -0.05) is 0 Å². The molecule has 0 unspecified atom stereocenters. The largest absolute Gasteiger partial charge is 0.496 e. The third-order valence-corrected chi connectivity index (χ3v) is 5.47. The van der Waals surface area contributed by atoms with Crippen LogP contribution in [-0.4, -0.2) is 37.4 Å². The Hall–Kier alpha value is -4.00. The fourth-order valence-corrected chi connectivity index (χ4v) is 4.12. The molecule has 0 radical (unpaired) electrons. The molecular weight excluding hydrogens is 398 g/mol. The van der Waals surface area contributed by atoms with E-state index >= 15 is 0 Å². The second-order valence-corrected chi connectivity index (χ2v) is 7.46. The molecule has 0 fully saturated rings. The maximum atomic E-state index is 13.5. The Morgan fingerprint density at radius 3 is 2.10 bits per heavy atom. The molecule has 2 aromatic rings. The van der Waals surface area contributed by atoms with E-state index in [1.54, 1.807) is 26.0 Å². The Labute approximate surface area is 178 Å². The Morgan fingerprint density at radius 2 is 1.45 bits per heavy atom. The Bertz CT molecular complexity index is 1300. The highest BCUT2D eigenvalue weighted by Gasteiger charge is 2.36. The summed E-state index contributed by atoms with van der Waals surface area (Å²) < 4.78 is 10.8. The SMILES string of the molecule is COc1cc(C)cc2c1C(=O)C=C(c1c(C)cc3c(c1OC)C(=O)C(N)=CC3=O)C2=O. The van der Waals surface area contributed by atoms with Crippen molar-refractivity contribution in [3.63, 3.8) is 0 Å². The summed E-state index contributed by atoms with van der Waals surface area (Å²) in [6, 6.07) is 4.83. The normalized spacial score (nSPS) is 15.2. The molecule has 0 saturated heterocycles. The fourth-order valence-electron chi connectivity index (χ4n) is 4.12. The molecular formula is C24H19NO6. The Kier molecular flexibility index (Phi) is 4.61. The first-order chi connectivity index (χ1) is 14.7. The van der Waals surface area contributed by atoms with E-state index in [1.807, 2.05) is 0 Å². The minimum Gasteiger partial charge on any atom is -0.496 e. The van der Waals surface area contributed by atoms with Crippen molar-refractivity contribution in [1.82, 2.24) is 0 Å². The van der Waals surface area contributed by atoms with E-state index in [0.717, 1.165) is 11.6 Å². The number of hydrogen-bond donors (Lipinski definition) is 1. The van der Waals surface area contributed by atoms with E-state index < -0.39 is 23.1 Å². The number of nitrogens with two attached hydrogens (primary N) is 1. The topological polar surface area (TPSA) is 113 Å². The van der Waals surface area contributed by atoms with Gasteiger partial charge < -0.3 is 15.2 Å². The average molecular weight is 417 g/mol. The maximum absolute atomic E-state index is 13.5. The molecule has 0 atom stereocenters. The molecule has 2 aliphatic carbocycles. The predicted octanol–water partition coefficient (Wildman–Crippen LogP) is 3.00. The molecule has 156 valence electrons. The van der Waals surface area contributed by atoms with Crippen LogP contribution >= 0.6 is 0 Å². The van der Waals surface area contributed by atoms with Gasteiger partial charge in [0.1, 0.15) is 11.5 Å². The quantitative estimate of drug-likeness (QED) is 0.817. The van der Waals surface area contributed by atoms with Gasteiger partial charge in [-0.3, -0.25) is 19.2 Å². The first-order valence-electron chi connectivity index (χ1n) is 9.47. The number of benzene rings is 2. The molecule has 2 N–H and O–H groups in total. The van der Waals surface area contributed by atoms with Crippen molar-refractivity contribution in [1.29, 1.82) is 0 Å². The van der Waals surface area contributed by atoms with Gasteiger partial charge in [0, 0.05) is 28.3 Å². The number of Topliss-reactive ketones (excluding diaryl/α,β-unsaturated/α-hetero) is 2. The zero-order chi connectivity index (χ0) is 22.6. The van der Waals surface area contributed by atoms with E-state index in [1.165, 1.54) is 26.4 Å². The van der Waals surface area contributed by atoms with Crippen molar-refractivity contribution >= 4 is 28.7 Å². The number of rotatable bonds is 3. The summed E-state index contributed by atoms with van der Waals surface area (Å²) >= 11 is 0. The van der Waals surface area contributed by atoms with Gasteiger partial charge in [-0.05, 0) is 49.2 Å². The molecule has 0 bridgehead atoms. The summed E-state index contributed by atoms with van der Waals surface area (Å²) in [5.74, 6) is -1.44. The van der Waals surface area contributed by atoms with E-state index in [2.05, 4.69) is 0 Å². The van der Waals surface area contributed by atoms with Crippen molar-refractivity contribution in [2.45, 2.75) is 13.8 Å². The fraction of sp³-hybridized carbons (Fsp3) is 0.167. The van der Waals surface area contributed by atoms with Gasteiger partial charge in [0.15, 0.2) is 17.3 Å². The van der Waals surface area contributed by atoms with Crippen molar-refractivity contribution in [2.24, 2.45) is 5.73 Å². The monoisotopic (exact) mass is 417 g/mol. The second kappa shape index (κ2) is 7.05. The third-order valence-electron chi connectivity index (χ3n) is 5.47. The van der Waals surface area contributed by atoms with Gasteiger partial charge in [-0.25, -0.2) is 0 Å². The van der Waals surface area contributed by atoms with Crippen molar-refractivity contribution in [3.05, 3.63) is 75.0 Å². The highest BCUT2D eigenvalue weighted by atomic mass is 16.5. The van der Waals surface area contributed by atoms with Crippen LogP contribution < -0.4 is 15.2 Å². The first kappa shape index (κ1) is 20.3. The lowest BCUT2D eigenvalue weighted by atomic mass is 9.80. The summed E-state index contributed by atoms with van der Waals surface area (Å²) in [6.45, 7) is 3.48. The molecule has 7 nitrogen and oxygen atoms in total. The van der Waals surface area contributed by atoms with Crippen molar-refractivity contribution in [3.8, 4) is 11.5 Å². The molecule has 2 aliphatic rings. The lowest BCUT2D eigenvalue weighted by Crippen LogP contribution is -2.24. The van der Waals surface area contributed by atoms with Gasteiger partial charge in [-0.15, -0.1) is 0 Å². The van der Waals surface area contributed by atoms with Crippen LogP contribution in [0.5, 0.6) is 11.5 Å². The first-order valence-corrected chi connectivity index (χ1v) is 9.47. The molecule has 0 aliphatic heterocycles.